The van der Waals surface area contributed by atoms with Crippen molar-refractivity contribution >= 4 is 17.4 Å². The smallest absolute Gasteiger partial charge is 0.257 e. The molecule has 1 heterocycles. The Morgan fingerprint density at radius 2 is 1.88 bits per heavy atom. The number of hydrogen-bond donors (Lipinski definition) is 2. The fourth-order valence-electron chi connectivity index (χ4n) is 1.28. The minimum atomic E-state index is -0.350. The molecular weight excluding hydrogens is 221 g/mol. The van der Waals surface area contributed by atoms with E-state index in [1.807, 2.05) is 0 Å². The third-order valence-electron chi connectivity index (χ3n) is 2.15. The summed E-state index contributed by atoms with van der Waals surface area (Å²) in [6.07, 6.45) is 1.38. The zero-order valence-electron chi connectivity index (χ0n) is 8.85. The van der Waals surface area contributed by atoms with Crippen molar-refractivity contribution in [3.63, 3.8) is 0 Å². The van der Waals surface area contributed by atoms with Gasteiger partial charge in [-0.15, -0.1) is 0 Å². The van der Waals surface area contributed by atoms with Gasteiger partial charge in [0.2, 0.25) is 0 Å². The third-order valence-corrected chi connectivity index (χ3v) is 2.15. The van der Waals surface area contributed by atoms with Crippen LogP contribution in [-0.4, -0.2) is 10.9 Å². The zero-order chi connectivity index (χ0) is 12.3. The molecule has 86 valence electrons. The quantitative estimate of drug-likeness (QED) is 0.831. The maximum atomic E-state index is 12.7. The lowest BCUT2D eigenvalue weighted by Gasteiger charge is -2.04. The highest BCUT2D eigenvalue weighted by Gasteiger charge is 2.06. The summed E-state index contributed by atoms with van der Waals surface area (Å²) < 4.78 is 12.7. The van der Waals surface area contributed by atoms with Crippen molar-refractivity contribution in [3.8, 4) is 0 Å². The first-order chi connectivity index (χ1) is 8.15. The van der Waals surface area contributed by atoms with Crippen LogP contribution >= 0.6 is 0 Å². The van der Waals surface area contributed by atoms with Crippen molar-refractivity contribution in [1.82, 2.24) is 4.98 Å². The number of anilines is 2. The molecule has 1 amide bonds. The average Bonchev–Trinajstić information content (AvgIpc) is 2.33. The van der Waals surface area contributed by atoms with Gasteiger partial charge in [-0.3, -0.25) is 4.79 Å². The van der Waals surface area contributed by atoms with E-state index in [2.05, 4.69) is 10.3 Å². The molecule has 0 unspecified atom stereocenters. The summed E-state index contributed by atoms with van der Waals surface area (Å²) in [4.78, 5) is 15.5. The highest BCUT2D eigenvalue weighted by Crippen LogP contribution is 2.10. The fourth-order valence-corrected chi connectivity index (χ4v) is 1.28. The highest BCUT2D eigenvalue weighted by molar-refractivity contribution is 6.04. The van der Waals surface area contributed by atoms with Crippen LogP contribution < -0.4 is 11.1 Å². The van der Waals surface area contributed by atoms with Crippen molar-refractivity contribution in [3.05, 3.63) is 54.0 Å². The van der Waals surface area contributed by atoms with Crippen LogP contribution in [0.2, 0.25) is 0 Å². The van der Waals surface area contributed by atoms with Crippen LogP contribution in [0.15, 0.2) is 42.6 Å². The Hall–Kier alpha value is -2.43. The third kappa shape index (κ3) is 2.78. The molecular formula is C12H10FN3O. The molecule has 0 bridgehead atoms. The van der Waals surface area contributed by atoms with Gasteiger partial charge in [-0.05, 0) is 36.4 Å². The molecule has 0 aliphatic heterocycles. The van der Waals surface area contributed by atoms with Gasteiger partial charge < -0.3 is 11.1 Å². The number of carbonyl (C=O) groups excluding carboxylic acids is 1. The topological polar surface area (TPSA) is 68.0 Å². The molecule has 1 aromatic heterocycles. The van der Waals surface area contributed by atoms with E-state index in [-0.39, 0.29) is 11.7 Å². The molecule has 5 heteroatoms. The molecule has 4 nitrogen and oxygen atoms in total. The minimum absolute atomic E-state index is 0.316. The number of nitrogens with zero attached hydrogens (tertiary/aromatic N) is 1. The molecule has 0 saturated heterocycles. The number of benzene rings is 1. The second-order valence-corrected chi connectivity index (χ2v) is 3.43. The Kier molecular flexibility index (Phi) is 3.00. The lowest BCUT2D eigenvalue weighted by molar-refractivity contribution is 0.102. The van der Waals surface area contributed by atoms with Crippen molar-refractivity contribution in [1.29, 1.82) is 0 Å². The van der Waals surface area contributed by atoms with Crippen LogP contribution in [0.3, 0.4) is 0 Å². The molecule has 17 heavy (non-hydrogen) atoms. The molecule has 0 radical (unpaired) electrons. The standard InChI is InChI=1S/C12H10FN3O/c13-9-2-4-10(5-3-9)16-12(17)8-1-6-11(14)15-7-8/h1-7H,(H2,14,15)(H,16,17). The van der Waals surface area contributed by atoms with Gasteiger partial charge in [-0.2, -0.15) is 0 Å². The summed E-state index contributed by atoms with van der Waals surface area (Å²) in [5.41, 5.74) is 6.33. The molecule has 1 aromatic carbocycles. The number of nitrogens with one attached hydrogen (secondary N) is 1. The normalized spacial score (nSPS) is 9.94. The van der Waals surface area contributed by atoms with Crippen LogP contribution in [0.1, 0.15) is 10.4 Å². The Morgan fingerprint density at radius 1 is 1.18 bits per heavy atom. The lowest BCUT2D eigenvalue weighted by Crippen LogP contribution is -2.12. The van der Waals surface area contributed by atoms with Crippen LogP contribution in [0.25, 0.3) is 0 Å². The predicted octanol–water partition coefficient (Wildman–Crippen LogP) is 2.06. The van der Waals surface area contributed by atoms with Gasteiger partial charge in [0, 0.05) is 11.9 Å². The first-order valence-electron chi connectivity index (χ1n) is 4.93. The van der Waals surface area contributed by atoms with E-state index in [0.29, 0.717) is 17.1 Å². The van der Waals surface area contributed by atoms with Gasteiger partial charge in [0.05, 0.1) is 5.56 Å². The lowest BCUT2D eigenvalue weighted by atomic mass is 10.2. The van der Waals surface area contributed by atoms with Gasteiger partial charge in [0.15, 0.2) is 0 Å². The van der Waals surface area contributed by atoms with Gasteiger partial charge in [0.25, 0.3) is 5.91 Å². The predicted molar refractivity (Wildman–Crippen MR) is 63.0 cm³/mol. The number of carbonyl (C=O) groups is 1. The van der Waals surface area contributed by atoms with Crippen molar-refractivity contribution in [2.45, 2.75) is 0 Å². The molecule has 0 aliphatic carbocycles. The summed E-state index contributed by atoms with van der Waals surface area (Å²) in [5, 5.41) is 2.62. The maximum absolute atomic E-state index is 12.7. The highest BCUT2D eigenvalue weighted by atomic mass is 19.1. The van der Waals surface area contributed by atoms with E-state index >= 15 is 0 Å². The van der Waals surface area contributed by atoms with E-state index in [0.717, 1.165) is 0 Å². The molecule has 2 rings (SSSR count). The second-order valence-electron chi connectivity index (χ2n) is 3.43. The van der Waals surface area contributed by atoms with E-state index in [9.17, 15) is 9.18 Å². The van der Waals surface area contributed by atoms with Gasteiger partial charge >= 0.3 is 0 Å². The van der Waals surface area contributed by atoms with Crippen molar-refractivity contribution in [2.75, 3.05) is 11.1 Å². The number of hydrogen-bond acceptors (Lipinski definition) is 3. The Morgan fingerprint density at radius 3 is 2.47 bits per heavy atom. The largest absolute Gasteiger partial charge is 0.384 e. The van der Waals surface area contributed by atoms with Crippen LogP contribution in [-0.2, 0) is 0 Å². The van der Waals surface area contributed by atoms with Crippen LogP contribution in [0, 0.1) is 5.82 Å². The van der Waals surface area contributed by atoms with E-state index in [4.69, 9.17) is 5.73 Å². The Bertz CT molecular complexity index is 522. The number of halogens is 1. The number of rotatable bonds is 2. The summed E-state index contributed by atoms with van der Waals surface area (Å²) in [6.45, 7) is 0. The summed E-state index contributed by atoms with van der Waals surface area (Å²) >= 11 is 0. The minimum Gasteiger partial charge on any atom is -0.384 e. The van der Waals surface area contributed by atoms with Gasteiger partial charge in [-0.1, -0.05) is 0 Å². The summed E-state index contributed by atoms with van der Waals surface area (Å²) in [6, 6.07) is 8.63. The van der Waals surface area contributed by atoms with E-state index < -0.39 is 0 Å². The second kappa shape index (κ2) is 4.61. The monoisotopic (exact) mass is 231 g/mol. The summed E-state index contributed by atoms with van der Waals surface area (Å²) in [5.74, 6) is -0.315. The molecule has 0 spiro atoms. The molecule has 0 atom stereocenters. The maximum Gasteiger partial charge on any atom is 0.257 e. The number of nitrogens with two attached hydrogens (primary N) is 1. The molecule has 0 aliphatic rings. The zero-order valence-corrected chi connectivity index (χ0v) is 8.85. The number of amides is 1. The van der Waals surface area contributed by atoms with Crippen molar-refractivity contribution in [2.24, 2.45) is 0 Å². The van der Waals surface area contributed by atoms with Crippen LogP contribution in [0.5, 0.6) is 0 Å². The van der Waals surface area contributed by atoms with Gasteiger partial charge in [0.1, 0.15) is 11.6 Å². The molecule has 3 N–H and O–H groups in total. The fraction of sp³-hybridized carbons (Fsp3) is 0. The number of nitrogen functional groups attached to an aromatic ring is 1. The molecule has 0 saturated carbocycles. The number of aromatic nitrogens is 1. The first-order valence-corrected chi connectivity index (χ1v) is 4.93. The summed E-state index contributed by atoms with van der Waals surface area (Å²) in [7, 11) is 0. The average molecular weight is 231 g/mol. The van der Waals surface area contributed by atoms with Crippen molar-refractivity contribution < 1.29 is 9.18 Å². The van der Waals surface area contributed by atoms with E-state index in [1.165, 1.54) is 30.5 Å². The Balaban J connectivity index is 2.11. The molecule has 0 fully saturated rings. The van der Waals surface area contributed by atoms with E-state index in [1.54, 1.807) is 12.1 Å². The van der Waals surface area contributed by atoms with Gasteiger partial charge in [-0.25, -0.2) is 9.37 Å². The Labute approximate surface area is 97.3 Å². The molecule has 2 aromatic rings. The SMILES string of the molecule is Nc1ccc(C(=O)Nc2ccc(F)cc2)cn1. The first kappa shape index (κ1) is 11.1. The van der Waals surface area contributed by atoms with Crippen LogP contribution in [0.4, 0.5) is 15.9 Å². The number of pyridine rings is 1.